The fraction of sp³-hybridized carbons (Fsp3) is 0.464. The molecule has 0 saturated carbocycles. The van der Waals surface area contributed by atoms with Crippen LogP contribution in [-0.2, 0) is 21.7 Å². The number of nitrogens with zero attached hydrogens (tertiary/aromatic N) is 6. The molecule has 3 aromatic rings. The van der Waals surface area contributed by atoms with Crippen LogP contribution in [0.4, 0.5) is 33.9 Å². The summed E-state index contributed by atoms with van der Waals surface area (Å²) in [6.07, 6.45) is -1.57. The number of ether oxygens (including phenoxy) is 1. The van der Waals surface area contributed by atoms with Gasteiger partial charge in [-0.25, -0.2) is 19.2 Å². The lowest BCUT2D eigenvalue weighted by Crippen LogP contribution is -2.57. The van der Waals surface area contributed by atoms with Crippen LogP contribution in [0.1, 0.15) is 50.3 Å². The van der Waals surface area contributed by atoms with Crippen LogP contribution < -0.4 is 10.6 Å². The number of hydrogen-bond donors (Lipinski definition) is 1. The molecule has 2 bridgehead atoms. The number of aryl methyl sites for hydroxylation is 1. The molecule has 15 heteroatoms. The molecular weight excluding hydrogens is 590 g/mol. The summed E-state index contributed by atoms with van der Waals surface area (Å²) in [6.45, 7) is 7.09. The molecule has 1 amide bonds. The number of amides is 1. The van der Waals surface area contributed by atoms with Crippen molar-refractivity contribution in [2.45, 2.75) is 69.6 Å². The molecule has 2 aliphatic rings. The van der Waals surface area contributed by atoms with Gasteiger partial charge in [0, 0.05) is 31.1 Å². The Morgan fingerprint density at radius 1 is 1.19 bits per heavy atom. The number of piperazine rings is 1. The largest absolute Gasteiger partial charge is 0.444 e. The van der Waals surface area contributed by atoms with Crippen molar-refractivity contribution in [1.82, 2.24) is 19.9 Å². The van der Waals surface area contributed by atoms with E-state index in [1.165, 1.54) is 6.26 Å². The lowest BCUT2D eigenvalue weighted by molar-refractivity contribution is -0.137. The van der Waals surface area contributed by atoms with Crippen molar-refractivity contribution in [3.63, 3.8) is 0 Å². The highest BCUT2D eigenvalue weighted by Gasteiger charge is 2.45. The van der Waals surface area contributed by atoms with E-state index < -0.39 is 62.4 Å². The van der Waals surface area contributed by atoms with Gasteiger partial charge in [0.1, 0.15) is 28.7 Å². The molecular formula is C28H29F4N7O3S. The number of aromatic nitrogens is 3. The van der Waals surface area contributed by atoms with Crippen molar-refractivity contribution in [3.05, 3.63) is 34.8 Å². The van der Waals surface area contributed by atoms with E-state index in [1.807, 2.05) is 4.90 Å². The normalized spacial score (nSPS) is 19.4. The lowest BCUT2D eigenvalue weighted by atomic mass is 9.92. The molecule has 4 heterocycles. The van der Waals surface area contributed by atoms with Gasteiger partial charge >= 0.3 is 12.3 Å². The molecule has 43 heavy (non-hydrogen) atoms. The van der Waals surface area contributed by atoms with Crippen molar-refractivity contribution >= 4 is 39.3 Å². The number of carbonyl (C=O) groups excluding carboxylic acids is 1. The SMILES string of the molecule is Cc1cc(N)c(C#N)c(-c2ncc3c(N4C[C@H]5CC[C@@H](C4)N5C(=O)OC(C)(C)C)nc(S(C)=O)nc3c2F)c1C(F)(F)F. The Labute approximate surface area is 247 Å². The van der Waals surface area contributed by atoms with Crippen molar-refractivity contribution in [2.24, 2.45) is 0 Å². The van der Waals surface area contributed by atoms with Gasteiger partial charge in [-0.3, -0.25) is 14.1 Å². The van der Waals surface area contributed by atoms with Crippen LogP contribution in [0, 0.1) is 24.1 Å². The second-order valence-corrected chi connectivity index (χ2v) is 12.9. The third kappa shape index (κ3) is 5.44. The molecule has 0 radical (unpaired) electrons. The zero-order chi connectivity index (χ0) is 31.6. The Morgan fingerprint density at radius 3 is 2.35 bits per heavy atom. The molecule has 0 aliphatic carbocycles. The predicted octanol–water partition coefficient (Wildman–Crippen LogP) is 4.94. The van der Waals surface area contributed by atoms with E-state index in [0.29, 0.717) is 25.9 Å². The molecule has 2 fully saturated rings. The Balaban J connectivity index is 1.66. The molecule has 1 unspecified atom stereocenters. The van der Waals surface area contributed by atoms with Gasteiger partial charge < -0.3 is 15.4 Å². The number of halogens is 4. The number of fused-ring (bicyclic) bond motifs is 3. The van der Waals surface area contributed by atoms with Crippen molar-refractivity contribution in [1.29, 1.82) is 5.26 Å². The minimum Gasteiger partial charge on any atom is -0.444 e. The number of benzene rings is 1. The summed E-state index contributed by atoms with van der Waals surface area (Å²) in [5.41, 5.74) is 0.841. The van der Waals surface area contributed by atoms with Crippen LogP contribution in [0.5, 0.6) is 0 Å². The highest BCUT2D eigenvalue weighted by atomic mass is 32.2. The number of carbonyl (C=O) groups is 1. The van der Waals surface area contributed by atoms with Gasteiger partial charge in [-0.15, -0.1) is 0 Å². The van der Waals surface area contributed by atoms with Gasteiger partial charge in [-0.2, -0.15) is 18.4 Å². The van der Waals surface area contributed by atoms with E-state index in [9.17, 15) is 27.4 Å². The molecule has 5 rings (SSSR count). The quantitative estimate of drug-likeness (QED) is 0.245. The second-order valence-electron chi connectivity index (χ2n) is 11.7. The first-order valence-electron chi connectivity index (χ1n) is 13.4. The molecule has 0 spiro atoms. The molecule has 2 saturated heterocycles. The first-order chi connectivity index (χ1) is 20.0. The minimum atomic E-state index is -4.96. The summed E-state index contributed by atoms with van der Waals surface area (Å²) in [5, 5.41) is 9.54. The summed E-state index contributed by atoms with van der Waals surface area (Å²) >= 11 is 0. The maximum Gasteiger partial charge on any atom is 0.417 e. The van der Waals surface area contributed by atoms with Crippen LogP contribution in [0.3, 0.4) is 0 Å². The predicted molar refractivity (Wildman–Crippen MR) is 151 cm³/mol. The Kier molecular flexibility index (Phi) is 7.48. The van der Waals surface area contributed by atoms with Crippen LogP contribution >= 0.6 is 0 Å². The summed E-state index contributed by atoms with van der Waals surface area (Å²) in [6, 6.07) is 2.17. The van der Waals surface area contributed by atoms with E-state index in [-0.39, 0.29) is 39.7 Å². The smallest absolute Gasteiger partial charge is 0.417 e. The van der Waals surface area contributed by atoms with E-state index in [4.69, 9.17) is 10.5 Å². The van der Waals surface area contributed by atoms with Crippen LogP contribution in [-0.4, -0.2) is 67.2 Å². The van der Waals surface area contributed by atoms with Crippen molar-refractivity contribution in [3.8, 4) is 17.3 Å². The number of anilines is 2. The van der Waals surface area contributed by atoms with Crippen LogP contribution in [0.25, 0.3) is 22.2 Å². The Bertz CT molecular complexity index is 1700. The summed E-state index contributed by atoms with van der Waals surface area (Å²) < 4.78 is 77.1. The van der Waals surface area contributed by atoms with Crippen molar-refractivity contribution < 1.29 is 31.3 Å². The average Bonchev–Trinajstić information content (AvgIpc) is 3.16. The van der Waals surface area contributed by atoms with E-state index in [1.54, 1.807) is 31.7 Å². The van der Waals surface area contributed by atoms with E-state index in [2.05, 4.69) is 15.0 Å². The van der Waals surface area contributed by atoms with Crippen LogP contribution in [0.15, 0.2) is 17.4 Å². The molecule has 2 aliphatic heterocycles. The lowest BCUT2D eigenvalue weighted by Gasteiger charge is -2.42. The number of rotatable bonds is 3. The fourth-order valence-electron chi connectivity index (χ4n) is 5.82. The molecule has 228 valence electrons. The monoisotopic (exact) mass is 619 g/mol. The number of alkyl halides is 3. The first kappa shape index (κ1) is 30.4. The standard InChI is InChI=1S/C28H29F4N7O3S/c1-13-8-18(34)16(9-33)19(20(13)28(30,31)32)23-21(29)22-17(10-35-23)24(37-25(36-22)43(5)41)38-11-14-6-7-15(12-38)39(14)26(40)42-27(2,3)4/h8,10,14-15H,6-7,11-12,34H2,1-5H3/t14-,15+,43?. The van der Waals surface area contributed by atoms with Crippen LogP contribution in [0.2, 0.25) is 0 Å². The minimum absolute atomic E-state index is 0.0771. The maximum absolute atomic E-state index is 16.3. The summed E-state index contributed by atoms with van der Waals surface area (Å²) in [4.78, 5) is 29.1. The topological polar surface area (TPSA) is 138 Å². The van der Waals surface area contributed by atoms with Gasteiger partial charge in [0.2, 0.25) is 5.16 Å². The number of nitrogen functional groups attached to an aromatic ring is 1. The molecule has 2 N–H and O–H groups in total. The van der Waals surface area contributed by atoms with E-state index in [0.717, 1.165) is 19.2 Å². The third-order valence-electron chi connectivity index (χ3n) is 7.47. The molecule has 3 atom stereocenters. The Morgan fingerprint density at radius 2 is 1.81 bits per heavy atom. The highest BCUT2D eigenvalue weighted by Crippen LogP contribution is 2.44. The molecule has 10 nitrogen and oxygen atoms in total. The van der Waals surface area contributed by atoms with Gasteiger partial charge in [0.05, 0.1) is 45.1 Å². The van der Waals surface area contributed by atoms with Gasteiger partial charge in [0.15, 0.2) is 5.82 Å². The third-order valence-corrected chi connectivity index (χ3v) is 8.17. The molecule has 2 aromatic heterocycles. The van der Waals surface area contributed by atoms with Crippen molar-refractivity contribution in [2.75, 3.05) is 30.0 Å². The zero-order valence-corrected chi connectivity index (χ0v) is 24.9. The van der Waals surface area contributed by atoms with Gasteiger partial charge in [0.25, 0.3) is 0 Å². The number of hydrogen-bond acceptors (Lipinski definition) is 9. The fourth-order valence-corrected chi connectivity index (χ4v) is 6.26. The number of nitrogens with two attached hydrogens (primary N) is 1. The van der Waals surface area contributed by atoms with Gasteiger partial charge in [-0.1, -0.05) is 0 Å². The first-order valence-corrected chi connectivity index (χ1v) is 14.9. The zero-order valence-electron chi connectivity index (χ0n) is 24.0. The maximum atomic E-state index is 16.3. The summed E-state index contributed by atoms with van der Waals surface area (Å²) in [5.74, 6) is -1.05. The highest BCUT2D eigenvalue weighted by molar-refractivity contribution is 7.84. The summed E-state index contributed by atoms with van der Waals surface area (Å²) in [7, 11) is -1.79. The average molecular weight is 620 g/mol. The molecule has 1 aromatic carbocycles. The Hall–Kier alpha value is -4.06. The van der Waals surface area contributed by atoms with E-state index >= 15 is 4.39 Å². The second kappa shape index (κ2) is 10.6. The van der Waals surface area contributed by atoms with Gasteiger partial charge in [-0.05, 0) is 52.2 Å². The number of pyridine rings is 1. The number of nitriles is 1.